The Morgan fingerprint density at radius 3 is 1.68 bits per heavy atom. The highest BCUT2D eigenvalue weighted by molar-refractivity contribution is 6.08. The van der Waals surface area contributed by atoms with Crippen LogP contribution in [0.5, 0.6) is 0 Å². The normalized spacial score (nSPS) is 11.1. The molecule has 0 unspecified atom stereocenters. The largest absolute Gasteiger partial charge is 0.320 e. The van der Waals surface area contributed by atoms with Crippen molar-refractivity contribution < 1.29 is 0 Å². The first-order valence-electron chi connectivity index (χ1n) is 9.39. The molecule has 2 N–H and O–H groups in total. The maximum atomic E-state index is 3.53. The van der Waals surface area contributed by atoms with Crippen molar-refractivity contribution in [3.8, 4) is 0 Å². The highest BCUT2D eigenvalue weighted by Gasteiger charge is 1.94. The van der Waals surface area contributed by atoms with E-state index >= 15 is 0 Å². The lowest BCUT2D eigenvalue weighted by Gasteiger charge is -2.05. The Morgan fingerprint density at radius 2 is 1.14 bits per heavy atom. The Balaban J connectivity index is 1.73. The van der Waals surface area contributed by atoms with E-state index in [2.05, 4.69) is 41.0 Å². The van der Waals surface area contributed by atoms with Crippen molar-refractivity contribution in [3.05, 3.63) is 35.9 Å². The second-order valence-corrected chi connectivity index (χ2v) is 6.91. The Labute approximate surface area is 140 Å². The fourth-order valence-corrected chi connectivity index (χ4v) is 3.10. The summed E-state index contributed by atoms with van der Waals surface area (Å²) in [5, 5.41) is 6.98. The van der Waals surface area contributed by atoms with Gasteiger partial charge in [-0.1, -0.05) is 75.3 Å². The molecule has 0 aliphatic carbocycles. The number of benzene rings is 1. The van der Waals surface area contributed by atoms with Gasteiger partial charge in [0.25, 0.3) is 0 Å². The molecule has 0 spiro atoms. The first kappa shape index (κ1) is 19.4. The maximum Gasteiger partial charge on any atom is 0.0205 e. The van der Waals surface area contributed by atoms with Crippen molar-refractivity contribution in [2.24, 2.45) is 0 Å². The summed E-state index contributed by atoms with van der Waals surface area (Å²) < 4.78 is 0. The second kappa shape index (κ2) is 15.3. The first-order chi connectivity index (χ1) is 10.9. The van der Waals surface area contributed by atoms with Gasteiger partial charge < -0.3 is 10.6 Å². The number of hydrogen-bond acceptors (Lipinski definition) is 2. The molecule has 1 aromatic carbocycles. The zero-order chi connectivity index (χ0) is 15.7. The summed E-state index contributed by atoms with van der Waals surface area (Å²) in [5.41, 5.74) is 1.39. The second-order valence-electron chi connectivity index (χ2n) is 6.20. The summed E-state index contributed by atoms with van der Waals surface area (Å²) in [6, 6.07) is 10.7. The predicted octanol–water partition coefficient (Wildman–Crippen LogP) is 3.20. The smallest absolute Gasteiger partial charge is 0.0205 e. The van der Waals surface area contributed by atoms with Gasteiger partial charge in [-0.2, -0.15) is 0 Å². The first-order valence-corrected chi connectivity index (χ1v) is 10.8. The molecule has 0 saturated heterocycles. The van der Waals surface area contributed by atoms with Gasteiger partial charge in [0.2, 0.25) is 0 Å². The molecule has 0 fully saturated rings. The van der Waals surface area contributed by atoms with E-state index in [0.717, 1.165) is 13.1 Å². The Kier molecular flexibility index (Phi) is 13.5. The van der Waals surface area contributed by atoms with Gasteiger partial charge in [-0.3, -0.25) is 0 Å². The average molecular weight is 321 g/mol. The van der Waals surface area contributed by atoms with Crippen LogP contribution in [0, 0.1) is 0 Å². The average Bonchev–Trinajstić information content (AvgIpc) is 2.56. The van der Waals surface area contributed by atoms with Crippen LogP contribution in [-0.4, -0.2) is 29.5 Å². The third-order valence-electron chi connectivity index (χ3n) is 4.13. The zero-order valence-electron chi connectivity index (χ0n) is 14.6. The van der Waals surface area contributed by atoms with Gasteiger partial charge in [0.1, 0.15) is 0 Å². The zero-order valence-corrected chi connectivity index (χ0v) is 16.6. The molecule has 0 aromatic heterocycles. The monoisotopic (exact) mass is 320 g/mol. The van der Waals surface area contributed by atoms with E-state index in [1.165, 1.54) is 86.3 Å². The Hall–Kier alpha value is -0.643. The van der Waals surface area contributed by atoms with Crippen molar-refractivity contribution in [2.75, 3.05) is 19.3 Å². The molecule has 0 saturated carbocycles. The maximum absolute atomic E-state index is 3.53. The Bertz CT molecular complexity index is 329. The van der Waals surface area contributed by atoms with Gasteiger partial charge in [0.15, 0.2) is 0 Å². The highest BCUT2D eigenvalue weighted by atomic mass is 28.1. The van der Waals surface area contributed by atoms with Crippen LogP contribution in [0.25, 0.3) is 0 Å². The molecule has 2 nitrogen and oxygen atoms in total. The SMILES string of the molecule is [SiH3]CNCCCCCCCCCCCNCc1ccccc1. The lowest BCUT2D eigenvalue weighted by atomic mass is 10.1. The van der Waals surface area contributed by atoms with Gasteiger partial charge in [-0.25, -0.2) is 0 Å². The van der Waals surface area contributed by atoms with Gasteiger partial charge >= 0.3 is 0 Å². The van der Waals surface area contributed by atoms with Gasteiger partial charge in [-0.05, 0) is 37.7 Å². The number of hydrogen-bond donors (Lipinski definition) is 2. The molecule has 0 bridgehead atoms. The minimum absolute atomic E-state index is 1.01. The molecule has 22 heavy (non-hydrogen) atoms. The molecule has 0 aliphatic heterocycles. The molecule has 1 aromatic rings. The van der Waals surface area contributed by atoms with Crippen LogP contribution in [-0.2, 0) is 6.54 Å². The third kappa shape index (κ3) is 12.0. The molecule has 0 heterocycles. The van der Waals surface area contributed by atoms with Crippen LogP contribution in [0.15, 0.2) is 30.3 Å². The standard InChI is InChI=1S/C19H36N2Si/c22-18-21-16-12-7-5-3-1-2-4-6-11-15-20-17-19-13-9-8-10-14-19/h8-10,13-14,20-21H,1-7,11-12,15-18H2,22H3. The topological polar surface area (TPSA) is 24.1 Å². The van der Waals surface area contributed by atoms with E-state index in [1.807, 2.05) is 0 Å². The summed E-state index contributed by atoms with van der Waals surface area (Å²) in [6.45, 7) is 3.40. The quantitative estimate of drug-likeness (QED) is 0.383. The molecular formula is C19H36N2Si. The fraction of sp³-hybridized carbons (Fsp3) is 0.684. The van der Waals surface area contributed by atoms with E-state index < -0.39 is 0 Å². The number of rotatable bonds is 15. The van der Waals surface area contributed by atoms with E-state index in [4.69, 9.17) is 0 Å². The summed E-state index contributed by atoms with van der Waals surface area (Å²) >= 11 is 0. The molecular weight excluding hydrogens is 284 g/mol. The van der Waals surface area contributed by atoms with Crippen LogP contribution in [0.4, 0.5) is 0 Å². The van der Waals surface area contributed by atoms with Crippen LogP contribution < -0.4 is 10.6 Å². The fourth-order valence-electron chi connectivity index (χ4n) is 2.74. The summed E-state index contributed by atoms with van der Waals surface area (Å²) in [4.78, 5) is 0. The van der Waals surface area contributed by atoms with Gasteiger partial charge in [0, 0.05) is 16.8 Å². The van der Waals surface area contributed by atoms with Gasteiger partial charge in [-0.15, -0.1) is 0 Å². The summed E-state index contributed by atoms with van der Waals surface area (Å²) in [6.07, 6.45) is 13.9. The van der Waals surface area contributed by atoms with Crippen molar-refractivity contribution in [3.63, 3.8) is 0 Å². The summed E-state index contributed by atoms with van der Waals surface area (Å²) in [5.74, 6) is 0. The van der Waals surface area contributed by atoms with Crippen molar-refractivity contribution in [1.29, 1.82) is 0 Å². The molecule has 0 radical (unpaired) electrons. The van der Waals surface area contributed by atoms with Gasteiger partial charge in [0.05, 0.1) is 0 Å². The highest BCUT2D eigenvalue weighted by Crippen LogP contribution is 2.09. The van der Waals surface area contributed by atoms with E-state index in [-0.39, 0.29) is 0 Å². The van der Waals surface area contributed by atoms with Crippen molar-refractivity contribution in [2.45, 2.75) is 64.3 Å². The molecule has 3 heteroatoms. The van der Waals surface area contributed by atoms with Crippen LogP contribution in [0.3, 0.4) is 0 Å². The predicted molar refractivity (Wildman–Crippen MR) is 103 cm³/mol. The Morgan fingerprint density at radius 1 is 0.636 bits per heavy atom. The lowest BCUT2D eigenvalue weighted by Crippen LogP contribution is -2.16. The van der Waals surface area contributed by atoms with E-state index in [1.54, 1.807) is 0 Å². The van der Waals surface area contributed by atoms with Crippen LogP contribution in [0.2, 0.25) is 0 Å². The van der Waals surface area contributed by atoms with Crippen molar-refractivity contribution >= 4 is 10.2 Å². The number of unbranched alkanes of at least 4 members (excludes halogenated alkanes) is 8. The summed E-state index contributed by atoms with van der Waals surface area (Å²) in [7, 11) is 1.29. The molecule has 0 amide bonds. The van der Waals surface area contributed by atoms with Crippen LogP contribution in [0.1, 0.15) is 63.4 Å². The molecule has 126 valence electrons. The molecule has 1 rings (SSSR count). The minimum atomic E-state index is 1.01. The molecule has 0 aliphatic rings. The van der Waals surface area contributed by atoms with E-state index in [9.17, 15) is 0 Å². The van der Waals surface area contributed by atoms with E-state index in [0.29, 0.717) is 0 Å². The minimum Gasteiger partial charge on any atom is -0.320 e. The third-order valence-corrected chi connectivity index (χ3v) is 4.63. The molecule has 0 atom stereocenters. The van der Waals surface area contributed by atoms with Crippen LogP contribution >= 0.6 is 0 Å². The van der Waals surface area contributed by atoms with Crippen molar-refractivity contribution in [1.82, 2.24) is 10.6 Å². The lowest BCUT2D eigenvalue weighted by molar-refractivity contribution is 0.541. The number of nitrogens with one attached hydrogen (secondary N) is 2.